The number of likely N-dealkylation sites (tertiary alicyclic amines) is 1. The fourth-order valence-corrected chi connectivity index (χ4v) is 2.21. The van der Waals surface area contributed by atoms with Gasteiger partial charge in [0, 0.05) is 19.2 Å². The summed E-state index contributed by atoms with van der Waals surface area (Å²) in [6, 6.07) is 0.184. The van der Waals surface area contributed by atoms with Crippen LogP contribution in [0.15, 0.2) is 5.16 Å². The fraction of sp³-hybridized carbons (Fsp3) is 0.818. The van der Waals surface area contributed by atoms with Gasteiger partial charge >= 0.3 is 0 Å². The van der Waals surface area contributed by atoms with Crippen molar-refractivity contribution in [3.8, 4) is 0 Å². The molecule has 1 heterocycles. The number of hydrogen-bond donors (Lipinski definition) is 3. The van der Waals surface area contributed by atoms with Gasteiger partial charge in [-0.25, -0.2) is 0 Å². The van der Waals surface area contributed by atoms with Crippen molar-refractivity contribution in [2.24, 2.45) is 16.8 Å². The second-order valence-corrected chi connectivity index (χ2v) is 4.44. The van der Waals surface area contributed by atoms with Crippen LogP contribution in [-0.2, 0) is 4.79 Å². The quantitative estimate of drug-likeness (QED) is 0.276. The molecule has 1 saturated heterocycles. The first-order valence-electron chi connectivity index (χ1n) is 6.00. The van der Waals surface area contributed by atoms with Crippen LogP contribution in [0.5, 0.6) is 0 Å². The van der Waals surface area contributed by atoms with Crippen LogP contribution >= 0.6 is 0 Å². The number of rotatable bonds is 5. The Morgan fingerprint density at radius 1 is 1.65 bits per heavy atom. The van der Waals surface area contributed by atoms with Crippen molar-refractivity contribution >= 4 is 11.7 Å². The predicted molar refractivity (Wildman–Crippen MR) is 63.6 cm³/mol. The lowest BCUT2D eigenvalue weighted by Gasteiger charge is -2.27. The summed E-state index contributed by atoms with van der Waals surface area (Å²) in [5, 5.41) is 20.2. The Hall–Kier alpha value is -1.30. The van der Waals surface area contributed by atoms with Gasteiger partial charge in [-0.3, -0.25) is 4.79 Å². The van der Waals surface area contributed by atoms with Crippen LogP contribution in [0, 0.1) is 5.92 Å². The van der Waals surface area contributed by atoms with Crippen LogP contribution < -0.4 is 5.73 Å². The van der Waals surface area contributed by atoms with Gasteiger partial charge in [0.05, 0.1) is 5.92 Å². The average molecular weight is 243 g/mol. The van der Waals surface area contributed by atoms with Crippen molar-refractivity contribution < 1.29 is 15.1 Å². The lowest BCUT2D eigenvalue weighted by molar-refractivity contribution is -0.134. The smallest absolute Gasteiger partial charge is 0.233 e. The second-order valence-electron chi connectivity index (χ2n) is 4.44. The van der Waals surface area contributed by atoms with Gasteiger partial charge in [-0.15, -0.1) is 0 Å². The Morgan fingerprint density at radius 3 is 2.94 bits per heavy atom. The molecule has 17 heavy (non-hydrogen) atoms. The first-order valence-corrected chi connectivity index (χ1v) is 6.00. The number of oxime groups is 1. The van der Waals surface area contributed by atoms with Crippen molar-refractivity contribution in [1.82, 2.24) is 4.90 Å². The van der Waals surface area contributed by atoms with Gasteiger partial charge in [-0.05, 0) is 32.6 Å². The third-order valence-corrected chi connectivity index (χ3v) is 3.29. The number of nitrogens with zero attached hydrogens (tertiary/aromatic N) is 2. The fourth-order valence-electron chi connectivity index (χ4n) is 2.21. The molecule has 0 saturated carbocycles. The number of aliphatic hydroxyl groups is 1. The number of carbonyl (C=O) groups is 1. The van der Waals surface area contributed by atoms with E-state index in [2.05, 4.69) is 5.16 Å². The zero-order valence-corrected chi connectivity index (χ0v) is 10.2. The molecular weight excluding hydrogens is 222 g/mol. The molecule has 1 aliphatic rings. The van der Waals surface area contributed by atoms with Crippen molar-refractivity contribution in [3.05, 3.63) is 0 Å². The second kappa shape index (κ2) is 6.44. The van der Waals surface area contributed by atoms with Gasteiger partial charge in [0.15, 0.2) is 5.84 Å². The summed E-state index contributed by atoms with van der Waals surface area (Å²) < 4.78 is 0. The summed E-state index contributed by atoms with van der Waals surface area (Å²) in [4.78, 5) is 13.9. The predicted octanol–water partition coefficient (Wildman–Crippen LogP) is 0.132. The molecule has 1 aliphatic heterocycles. The third-order valence-electron chi connectivity index (χ3n) is 3.29. The molecule has 0 aromatic carbocycles. The van der Waals surface area contributed by atoms with Crippen LogP contribution in [-0.4, -0.2) is 46.1 Å². The van der Waals surface area contributed by atoms with Crippen LogP contribution in [0.25, 0.3) is 0 Å². The van der Waals surface area contributed by atoms with E-state index in [1.54, 1.807) is 11.8 Å². The minimum absolute atomic E-state index is 0.0530. The summed E-state index contributed by atoms with van der Waals surface area (Å²) in [6.45, 7) is 2.51. The van der Waals surface area contributed by atoms with Crippen molar-refractivity contribution in [2.75, 3.05) is 13.2 Å². The van der Waals surface area contributed by atoms with Crippen molar-refractivity contribution in [2.45, 2.75) is 38.6 Å². The lowest BCUT2D eigenvalue weighted by atomic mass is 10.1. The van der Waals surface area contributed by atoms with E-state index in [4.69, 9.17) is 16.0 Å². The highest BCUT2D eigenvalue weighted by atomic mass is 16.4. The molecule has 1 rings (SSSR count). The van der Waals surface area contributed by atoms with Gasteiger partial charge < -0.3 is 20.9 Å². The number of hydrogen-bond acceptors (Lipinski definition) is 4. The van der Waals surface area contributed by atoms with Crippen molar-refractivity contribution in [1.29, 1.82) is 0 Å². The van der Waals surface area contributed by atoms with Gasteiger partial charge in [-0.2, -0.15) is 0 Å². The SMILES string of the molecule is CC(C(=O)N1CCCC1CCCO)C(N)=NO. The Morgan fingerprint density at radius 2 is 2.35 bits per heavy atom. The molecule has 0 aromatic rings. The maximum Gasteiger partial charge on any atom is 0.233 e. The molecule has 1 amide bonds. The highest BCUT2D eigenvalue weighted by molar-refractivity contribution is 6.01. The highest BCUT2D eigenvalue weighted by Gasteiger charge is 2.32. The van der Waals surface area contributed by atoms with E-state index in [1.807, 2.05) is 0 Å². The third kappa shape index (κ3) is 3.33. The average Bonchev–Trinajstić information content (AvgIpc) is 2.81. The van der Waals surface area contributed by atoms with Gasteiger partial charge in [0.1, 0.15) is 0 Å². The van der Waals surface area contributed by atoms with Gasteiger partial charge in [-0.1, -0.05) is 5.16 Å². The molecule has 6 nitrogen and oxygen atoms in total. The van der Waals surface area contributed by atoms with Crippen LogP contribution in [0.3, 0.4) is 0 Å². The number of amidine groups is 1. The van der Waals surface area contributed by atoms with E-state index in [9.17, 15) is 4.79 Å². The normalized spacial score (nSPS) is 22.8. The minimum Gasteiger partial charge on any atom is -0.409 e. The van der Waals surface area contributed by atoms with Crippen LogP contribution in [0.2, 0.25) is 0 Å². The molecule has 2 atom stereocenters. The summed E-state index contributed by atoms with van der Waals surface area (Å²) in [7, 11) is 0. The van der Waals surface area contributed by atoms with Crippen LogP contribution in [0.1, 0.15) is 32.6 Å². The monoisotopic (exact) mass is 243 g/mol. The first kappa shape index (κ1) is 13.8. The molecule has 1 fully saturated rings. The number of amides is 1. The molecule has 0 aliphatic carbocycles. The number of aliphatic hydroxyl groups excluding tert-OH is 1. The number of nitrogens with two attached hydrogens (primary N) is 1. The van der Waals surface area contributed by atoms with Gasteiger partial charge in [0.2, 0.25) is 5.91 Å². The summed E-state index contributed by atoms with van der Waals surface area (Å²) in [5.41, 5.74) is 5.44. The molecule has 6 heteroatoms. The Labute approximate surface area is 101 Å². The minimum atomic E-state index is -0.588. The number of carbonyl (C=O) groups excluding carboxylic acids is 1. The molecule has 0 radical (unpaired) electrons. The topological polar surface area (TPSA) is 99.2 Å². The maximum atomic E-state index is 12.1. The Balaban J connectivity index is 2.61. The standard InChI is InChI=1S/C11H21N3O3/c1-8(10(12)13-17)11(16)14-6-2-4-9(14)5-3-7-15/h8-9,15,17H,2-7H2,1H3,(H2,12,13). The molecule has 4 N–H and O–H groups in total. The zero-order chi connectivity index (χ0) is 12.8. The van der Waals surface area contributed by atoms with E-state index < -0.39 is 5.92 Å². The first-order chi connectivity index (χ1) is 8.11. The summed E-state index contributed by atoms with van der Waals surface area (Å²) >= 11 is 0. The molecule has 98 valence electrons. The molecule has 0 spiro atoms. The van der Waals surface area contributed by atoms with Crippen LogP contribution in [0.4, 0.5) is 0 Å². The van der Waals surface area contributed by atoms with E-state index in [-0.39, 0.29) is 24.4 Å². The molecular formula is C11H21N3O3. The molecule has 2 unspecified atom stereocenters. The molecule has 0 bridgehead atoms. The maximum absolute atomic E-state index is 12.1. The van der Waals surface area contributed by atoms with E-state index in [1.165, 1.54) is 0 Å². The summed E-state index contributed by atoms with van der Waals surface area (Å²) in [5.74, 6) is -0.738. The zero-order valence-electron chi connectivity index (χ0n) is 10.2. The van der Waals surface area contributed by atoms with Crippen molar-refractivity contribution in [3.63, 3.8) is 0 Å². The van der Waals surface area contributed by atoms with E-state index in [0.29, 0.717) is 6.42 Å². The van der Waals surface area contributed by atoms with Gasteiger partial charge in [0.25, 0.3) is 0 Å². The molecule has 0 aromatic heterocycles. The Bertz CT molecular complexity index is 294. The summed E-state index contributed by atoms with van der Waals surface area (Å²) in [6.07, 6.45) is 3.46. The van der Waals surface area contributed by atoms with E-state index in [0.717, 1.165) is 25.8 Å². The largest absolute Gasteiger partial charge is 0.409 e. The highest BCUT2D eigenvalue weighted by Crippen LogP contribution is 2.23. The van der Waals surface area contributed by atoms with E-state index >= 15 is 0 Å². The lowest BCUT2D eigenvalue weighted by Crippen LogP contribution is -2.43. The Kier molecular flexibility index (Phi) is 5.21.